The molecule has 0 bridgehead atoms. The van der Waals surface area contributed by atoms with Crippen LogP contribution >= 0.6 is 11.6 Å². The van der Waals surface area contributed by atoms with E-state index in [1.165, 1.54) is 70.6 Å². The Labute approximate surface area is 119 Å². The first kappa shape index (κ1) is 18.0. The Bertz CT molecular complexity index is 168. The third kappa shape index (κ3) is 16.0. The van der Waals surface area contributed by atoms with Crippen LogP contribution in [0.4, 0.5) is 0 Å². The van der Waals surface area contributed by atoms with Crippen molar-refractivity contribution in [1.29, 1.82) is 0 Å². The number of aliphatic hydroxyl groups is 1. The molecule has 0 aromatic heterocycles. The predicted molar refractivity (Wildman–Crippen MR) is 82.3 cm³/mol. The summed E-state index contributed by atoms with van der Waals surface area (Å²) in [7, 11) is 0. The van der Waals surface area contributed by atoms with E-state index >= 15 is 0 Å². The van der Waals surface area contributed by atoms with Gasteiger partial charge in [-0.3, -0.25) is 0 Å². The molecule has 1 nitrogen and oxygen atoms in total. The SMILES string of the molecule is OCC/C=C/CCCCCCCCCCCCCl. The van der Waals surface area contributed by atoms with E-state index in [1.54, 1.807) is 0 Å². The fourth-order valence-corrected chi connectivity index (χ4v) is 2.27. The van der Waals surface area contributed by atoms with E-state index in [4.69, 9.17) is 16.7 Å². The van der Waals surface area contributed by atoms with Crippen molar-refractivity contribution < 1.29 is 5.11 Å². The molecule has 0 aliphatic rings. The van der Waals surface area contributed by atoms with Gasteiger partial charge in [0.15, 0.2) is 0 Å². The summed E-state index contributed by atoms with van der Waals surface area (Å²) < 4.78 is 0. The summed E-state index contributed by atoms with van der Waals surface area (Å²) in [5, 5.41) is 8.60. The molecule has 0 aliphatic carbocycles. The minimum atomic E-state index is 0.279. The second-order valence-electron chi connectivity index (χ2n) is 5.00. The maximum atomic E-state index is 8.60. The molecule has 0 aromatic carbocycles. The standard InChI is InChI=1S/C16H31ClO/c17-15-13-11-9-7-5-3-1-2-4-6-8-10-12-14-16-18/h10,12,18H,1-9,11,13-16H2/b12-10+. The molecule has 0 unspecified atom stereocenters. The number of aliphatic hydroxyl groups excluding tert-OH is 1. The van der Waals surface area contributed by atoms with Gasteiger partial charge in [-0.1, -0.05) is 63.5 Å². The van der Waals surface area contributed by atoms with Gasteiger partial charge in [0.2, 0.25) is 0 Å². The minimum absolute atomic E-state index is 0.279. The van der Waals surface area contributed by atoms with E-state index in [-0.39, 0.29) is 6.61 Å². The highest BCUT2D eigenvalue weighted by Gasteiger charge is 1.92. The average Bonchev–Trinajstić information content (AvgIpc) is 2.39. The third-order valence-corrected chi connectivity index (χ3v) is 3.48. The molecule has 0 heterocycles. The Morgan fingerprint density at radius 3 is 1.56 bits per heavy atom. The molecular formula is C16H31ClO. The smallest absolute Gasteiger partial charge is 0.0465 e. The number of hydrogen-bond donors (Lipinski definition) is 1. The first-order valence-electron chi connectivity index (χ1n) is 7.73. The zero-order valence-electron chi connectivity index (χ0n) is 11.9. The number of rotatable bonds is 14. The van der Waals surface area contributed by atoms with Crippen LogP contribution in [0.15, 0.2) is 12.2 Å². The molecule has 2 heteroatoms. The van der Waals surface area contributed by atoms with Gasteiger partial charge in [0, 0.05) is 12.5 Å². The van der Waals surface area contributed by atoms with Gasteiger partial charge < -0.3 is 5.11 Å². The molecule has 0 saturated heterocycles. The minimum Gasteiger partial charge on any atom is -0.396 e. The molecule has 0 fully saturated rings. The van der Waals surface area contributed by atoms with Crippen LogP contribution in [0.3, 0.4) is 0 Å². The maximum Gasteiger partial charge on any atom is 0.0465 e. The van der Waals surface area contributed by atoms with Gasteiger partial charge in [0.1, 0.15) is 0 Å². The van der Waals surface area contributed by atoms with Crippen molar-refractivity contribution in [1.82, 2.24) is 0 Å². The fraction of sp³-hybridized carbons (Fsp3) is 0.875. The van der Waals surface area contributed by atoms with Crippen LogP contribution in [0.25, 0.3) is 0 Å². The van der Waals surface area contributed by atoms with Crippen molar-refractivity contribution in [3.63, 3.8) is 0 Å². The van der Waals surface area contributed by atoms with Gasteiger partial charge in [-0.15, -0.1) is 11.6 Å². The molecule has 0 saturated carbocycles. The van der Waals surface area contributed by atoms with Gasteiger partial charge in [0.25, 0.3) is 0 Å². The maximum absolute atomic E-state index is 8.60. The lowest BCUT2D eigenvalue weighted by molar-refractivity contribution is 0.302. The van der Waals surface area contributed by atoms with Crippen LogP contribution in [-0.4, -0.2) is 17.6 Å². The van der Waals surface area contributed by atoms with E-state index in [0.717, 1.165) is 12.3 Å². The number of unbranched alkanes of at least 4 members (excludes halogenated alkanes) is 10. The number of hydrogen-bond acceptors (Lipinski definition) is 1. The molecule has 0 spiro atoms. The highest BCUT2D eigenvalue weighted by Crippen LogP contribution is 2.11. The van der Waals surface area contributed by atoms with Crippen molar-refractivity contribution >= 4 is 11.6 Å². The summed E-state index contributed by atoms with van der Waals surface area (Å²) in [6.45, 7) is 0.279. The van der Waals surface area contributed by atoms with Crippen LogP contribution in [0.5, 0.6) is 0 Å². The van der Waals surface area contributed by atoms with Crippen LogP contribution in [0, 0.1) is 0 Å². The number of allylic oxidation sites excluding steroid dienone is 1. The fourth-order valence-electron chi connectivity index (χ4n) is 2.08. The second-order valence-corrected chi connectivity index (χ2v) is 5.37. The van der Waals surface area contributed by atoms with Crippen LogP contribution in [0.1, 0.15) is 77.0 Å². The van der Waals surface area contributed by atoms with E-state index in [9.17, 15) is 0 Å². The molecule has 0 aliphatic heterocycles. The third-order valence-electron chi connectivity index (χ3n) is 3.22. The topological polar surface area (TPSA) is 20.2 Å². The molecule has 0 rings (SSSR count). The Morgan fingerprint density at radius 2 is 1.06 bits per heavy atom. The zero-order valence-corrected chi connectivity index (χ0v) is 12.6. The summed E-state index contributed by atoms with van der Waals surface area (Å²) in [6, 6.07) is 0. The molecule has 0 atom stereocenters. The highest BCUT2D eigenvalue weighted by molar-refractivity contribution is 6.17. The summed E-state index contributed by atoms with van der Waals surface area (Å²) in [6.07, 6.45) is 19.8. The second kappa shape index (κ2) is 17.0. The van der Waals surface area contributed by atoms with Crippen LogP contribution in [-0.2, 0) is 0 Å². The number of halogens is 1. The Kier molecular flexibility index (Phi) is 17.0. The summed E-state index contributed by atoms with van der Waals surface area (Å²) >= 11 is 5.64. The molecule has 18 heavy (non-hydrogen) atoms. The first-order valence-corrected chi connectivity index (χ1v) is 8.27. The van der Waals surface area contributed by atoms with Crippen LogP contribution < -0.4 is 0 Å². The highest BCUT2D eigenvalue weighted by atomic mass is 35.5. The van der Waals surface area contributed by atoms with Gasteiger partial charge in [-0.05, 0) is 25.7 Å². The quantitative estimate of drug-likeness (QED) is 0.253. The Balaban J connectivity index is 2.94. The Morgan fingerprint density at radius 1 is 0.611 bits per heavy atom. The molecule has 0 amide bonds. The van der Waals surface area contributed by atoms with Crippen LogP contribution in [0.2, 0.25) is 0 Å². The summed E-state index contributed by atoms with van der Waals surface area (Å²) in [5.74, 6) is 0.826. The zero-order chi connectivity index (χ0) is 13.3. The van der Waals surface area contributed by atoms with Gasteiger partial charge in [0.05, 0.1) is 0 Å². The molecule has 0 radical (unpaired) electrons. The molecule has 108 valence electrons. The van der Waals surface area contributed by atoms with Gasteiger partial charge >= 0.3 is 0 Å². The largest absolute Gasteiger partial charge is 0.396 e. The van der Waals surface area contributed by atoms with Crippen molar-refractivity contribution in [2.75, 3.05) is 12.5 Å². The van der Waals surface area contributed by atoms with Gasteiger partial charge in [-0.2, -0.15) is 0 Å². The summed E-state index contributed by atoms with van der Waals surface area (Å²) in [4.78, 5) is 0. The van der Waals surface area contributed by atoms with Crippen molar-refractivity contribution in [3.8, 4) is 0 Å². The predicted octanol–water partition coefficient (Wildman–Crippen LogP) is 5.45. The van der Waals surface area contributed by atoms with E-state index in [0.29, 0.717) is 0 Å². The normalized spacial score (nSPS) is 11.4. The Hall–Kier alpha value is -0.0100. The van der Waals surface area contributed by atoms with Crippen molar-refractivity contribution in [2.45, 2.75) is 77.0 Å². The van der Waals surface area contributed by atoms with E-state index in [2.05, 4.69) is 12.2 Å². The monoisotopic (exact) mass is 274 g/mol. The van der Waals surface area contributed by atoms with Crippen molar-refractivity contribution in [3.05, 3.63) is 12.2 Å². The molecule has 0 aromatic rings. The van der Waals surface area contributed by atoms with Gasteiger partial charge in [-0.25, -0.2) is 0 Å². The summed E-state index contributed by atoms with van der Waals surface area (Å²) in [5.41, 5.74) is 0. The lowest BCUT2D eigenvalue weighted by atomic mass is 10.1. The molecular weight excluding hydrogens is 244 g/mol. The average molecular weight is 275 g/mol. The van der Waals surface area contributed by atoms with E-state index < -0.39 is 0 Å². The lowest BCUT2D eigenvalue weighted by Gasteiger charge is -2.01. The van der Waals surface area contributed by atoms with E-state index in [1.807, 2.05) is 0 Å². The lowest BCUT2D eigenvalue weighted by Crippen LogP contribution is -1.82. The van der Waals surface area contributed by atoms with Crippen molar-refractivity contribution in [2.24, 2.45) is 0 Å². The first-order chi connectivity index (χ1) is 8.91. The molecule has 1 N–H and O–H groups in total. The number of alkyl halides is 1.